The van der Waals surface area contributed by atoms with Crippen molar-refractivity contribution in [2.75, 3.05) is 6.26 Å². The molecule has 0 saturated heterocycles. The summed E-state index contributed by atoms with van der Waals surface area (Å²) < 4.78 is 27.0. The zero-order valence-corrected chi connectivity index (χ0v) is 15.6. The van der Waals surface area contributed by atoms with E-state index >= 15 is 0 Å². The molecule has 3 rings (SSSR count). The number of imidazole rings is 1. The molecule has 1 N–H and O–H groups in total. The maximum Gasteiger partial charge on any atom is 0.333 e. The summed E-state index contributed by atoms with van der Waals surface area (Å²) in [6.45, 7) is -0.112. The molecule has 140 valence electrons. The number of aromatic hydroxyl groups is 1. The first-order valence-corrected chi connectivity index (χ1v) is 9.64. The van der Waals surface area contributed by atoms with Crippen molar-refractivity contribution in [1.82, 2.24) is 18.7 Å². The Morgan fingerprint density at radius 2 is 1.89 bits per heavy atom. The largest absolute Gasteiger partial charge is 0.508 e. The fourth-order valence-electron chi connectivity index (χ4n) is 2.69. The first kappa shape index (κ1) is 18.5. The van der Waals surface area contributed by atoms with Crippen LogP contribution in [0.2, 0.25) is 0 Å². The number of sulfone groups is 1. The van der Waals surface area contributed by atoms with E-state index in [0.29, 0.717) is 5.56 Å². The lowest BCUT2D eigenvalue weighted by molar-refractivity contribution is 0.475. The monoisotopic (exact) mass is 388 g/mol. The standard InChI is InChI=1S/C17H16N4O5S/c1-19-13-14(18-16(19)27(3,25)26)21(17(24)20(2)15(13)23)9-5-7-11-6-4-8-12(22)10-11/h4,6,8,10,22H,9H2,1-3H3. The Balaban J connectivity index is 2.22. The number of hydrogen-bond acceptors (Lipinski definition) is 6. The summed E-state index contributed by atoms with van der Waals surface area (Å²) in [7, 11) is -0.993. The van der Waals surface area contributed by atoms with Crippen LogP contribution in [0.25, 0.3) is 11.2 Å². The van der Waals surface area contributed by atoms with Crippen LogP contribution in [0.5, 0.6) is 5.75 Å². The van der Waals surface area contributed by atoms with E-state index in [1.807, 2.05) is 0 Å². The van der Waals surface area contributed by atoms with E-state index in [4.69, 9.17) is 0 Å². The van der Waals surface area contributed by atoms with Gasteiger partial charge >= 0.3 is 5.69 Å². The van der Waals surface area contributed by atoms with Crippen molar-refractivity contribution in [3.8, 4) is 17.6 Å². The van der Waals surface area contributed by atoms with Crippen molar-refractivity contribution in [3.05, 3.63) is 50.7 Å². The van der Waals surface area contributed by atoms with E-state index in [1.54, 1.807) is 12.1 Å². The predicted octanol–water partition coefficient (Wildman–Crippen LogP) is -0.405. The summed E-state index contributed by atoms with van der Waals surface area (Å²) in [5.74, 6) is 5.64. The summed E-state index contributed by atoms with van der Waals surface area (Å²) in [4.78, 5) is 28.9. The third kappa shape index (κ3) is 3.24. The lowest BCUT2D eigenvalue weighted by Crippen LogP contribution is -2.38. The SMILES string of the molecule is Cn1c(=O)c2c(nc(S(C)(=O)=O)n2C)n(CC#Cc2cccc(O)c2)c1=O. The van der Waals surface area contributed by atoms with Gasteiger partial charge in [-0.25, -0.2) is 13.2 Å². The quantitative estimate of drug-likeness (QED) is 0.597. The van der Waals surface area contributed by atoms with Gasteiger partial charge in [0.15, 0.2) is 11.2 Å². The summed E-state index contributed by atoms with van der Waals surface area (Å²) in [5.41, 5.74) is -0.803. The maximum atomic E-state index is 12.5. The van der Waals surface area contributed by atoms with E-state index in [9.17, 15) is 23.1 Å². The van der Waals surface area contributed by atoms with Crippen molar-refractivity contribution in [2.45, 2.75) is 11.7 Å². The smallest absolute Gasteiger partial charge is 0.333 e. The topological polar surface area (TPSA) is 116 Å². The molecule has 10 heteroatoms. The summed E-state index contributed by atoms with van der Waals surface area (Å²) in [5, 5.41) is 9.15. The van der Waals surface area contributed by atoms with Crippen LogP contribution in [-0.4, -0.2) is 38.5 Å². The second kappa shape index (κ2) is 6.44. The third-order valence-electron chi connectivity index (χ3n) is 3.96. The molecule has 0 saturated carbocycles. The van der Waals surface area contributed by atoms with Crippen LogP contribution >= 0.6 is 0 Å². The molecule has 0 unspecified atom stereocenters. The molecule has 0 aliphatic carbocycles. The van der Waals surface area contributed by atoms with Gasteiger partial charge in [0.1, 0.15) is 5.75 Å². The summed E-state index contributed by atoms with van der Waals surface area (Å²) in [6, 6.07) is 6.29. The molecule has 0 fully saturated rings. The van der Waals surface area contributed by atoms with Gasteiger partial charge in [-0.1, -0.05) is 17.9 Å². The number of benzene rings is 1. The van der Waals surface area contributed by atoms with Gasteiger partial charge in [0, 0.05) is 25.9 Å². The molecule has 2 heterocycles. The van der Waals surface area contributed by atoms with E-state index < -0.39 is 21.1 Å². The predicted molar refractivity (Wildman–Crippen MR) is 98.3 cm³/mol. The summed E-state index contributed by atoms with van der Waals surface area (Å²) >= 11 is 0. The van der Waals surface area contributed by atoms with Gasteiger partial charge in [-0.3, -0.25) is 13.9 Å². The third-order valence-corrected chi connectivity index (χ3v) is 4.99. The Labute approximate surface area is 154 Å². The molecular formula is C17H16N4O5S. The molecule has 0 aliphatic rings. The van der Waals surface area contributed by atoms with E-state index in [1.165, 1.54) is 26.2 Å². The molecule has 0 radical (unpaired) electrons. The molecule has 3 aromatic rings. The molecule has 0 aliphatic heterocycles. The number of nitrogens with zero attached hydrogens (tertiary/aromatic N) is 4. The Hall–Kier alpha value is -3.32. The van der Waals surface area contributed by atoms with Gasteiger partial charge in [-0.05, 0) is 18.2 Å². The highest BCUT2D eigenvalue weighted by atomic mass is 32.2. The van der Waals surface area contributed by atoms with Gasteiger partial charge in [0.05, 0.1) is 6.54 Å². The minimum Gasteiger partial charge on any atom is -0.508 e. The van der Waals surface area contributed by atoms with Crippen molar-refractivity contribution in [1.29, 1.82) is 0 Å². The van der Waals surface area contributed by atoms with Crippen LogP contribution in [0.1, 0.15) is 5.56 Å². The number of rotatable bonds is 2. The van der Waals surface area contributed by atoms with Gasteiger partial charge in [0.25, 0.3) is 5.56 Å². The number of aryl methyl sites for hydroxylation is 1. The fraction of sp³-hybridized carbons (Fsp3) is 0.235. The summed E-state index contributed by atoms with van der Waals surface area (Å²) in [6.07, 6.45) is 0.975. The number of phenols is 1. The molecule has 0 amide bonds. The molecule has 1 aromatic carbocycles. The Morgan fingerprint density at radius 1 is 1.19 bits per heavy atom. The van der Waals surface area contributed by atoms with Crippen molar-refractivity contribution in [3.63, 3.8) is 0 Å². The zero-order valence-electron chi connectivity index (χ0n) is 14.8. The number of fused-ring (bicyclic) bond motifs is 1. The van der Waals surface area contributed by atoms with Crippen LogP contribution < -0.4 is 11.2 Å². The van der Waals surface area contributed by atoms with Crippen molar-refractivity contribution in [2.24, 2.45) is 14.1 Å². The van der Waals surface area contributed by atoms with Crippen molar-refractivity contribution >= 4 is 21.0 Å². The van der Waals surface area contributed by atoms with Gasteiger partial charge in [0.2, 0.25) is 15.0 Å². The average Bonchev–Trinajstić information content (AvgIpc) is 2.93. The van der Waals surface area contributed by atoms with Gasteiger partial charge in [-0.2, -0.15) is 4.98 Å². The highest BCUT2D eigenvalue weighted by Gasteiger charge is 2.23. The van der Waals surface area contributed by atoms with Crippen LogP contribution in [0.15, 0.2) is 39.0 Å². The number of hydrogen-bond donors (Lipinski definition) is 1. The fourth-order valence-corrected chi connectivity index (χ4v) is 3.53. The van der Waals surface area contributed by atoms with Crippen molar-refractivity contribution < 1.29 is 13.5 Å². The van der Waals surface area contributed by atoms with Gasteiger partial charge < -0.3 is 9.67 Å². The molecular weight excluding hydrogens is 372 g/mol. The zero-order chi connectivity index (χ0) is 19.9. The highest BCUT2D eigenvalue weighted by Crippen LogP contribution is 2.14. The molecule has 9 nitrogen and oxygen atoms in total. The minimum atomic E-state index is -3.70. The first-order valence-electron chi connectivity index (χ1n) is 7.75. The molecule has 0 bridgehead atoms. The molecule has 27 heavy (non-hydrogen) atoms. The average molecular weight is 388 g/mol. The lowest BCUT2D eigenvalue weighted by Gasteiger charge is -2.05. The second-order valence-electron chi connectivity index (χ2n) is 5.98. The second-order valence-corrected chi connectivity index (χ2v) is 7.89. The van der Waals surface area contributed by atoms with Gasteiger partial charge in [-0.15, -0.1) is 0 Å². The van der Waals surface area contributed by atoms with Crippen LogP contribution in [-0.2, 0) is 30.5 Å². The number of phenolic OH excluding ortho intramolecular Hbond substituents is 1. The Bertz CT molecular complexity index is 1350. The van der Waals surface area contributed by atoms with E-state index in [2.05, 4.69) is 16.8 Å². The number of aromatic nitrogens is 4. The molecule has 2 aromatic heterocycles. The molecule has 0 spiro atoms. The normalized spacial score (nSPS) is 11.4. The highest BCUT2D eigenvalue weighted by molar-refractivity contribution is 7.90. The van der Waals surface area contributed by atoms with E-state index in [0.717, 1.165) is 20.0 Å². The minimum absolute atomic E-state index is 0.00307. The van der Waals surface area contributed by atoms with Crippen LogP contribution in [0, 0.1) is 11.8 Å². The molecule has 0 atom stereocenters. The lowest BCUT2D eigenvalue weighted by atomic mass is 10.2. The maximum absolute atomic E-state index is 12.5. The Morgan fingerprint density at radius 3 is 2.52 bits per heavy atom. The van der Waals surface area contributed by atoms with Crippen LogP contribution in [0.3, 0.4) is 0 Å². The first-order chi connectivity index (χ1) is 12.6. The van der Waals surface area contributed by atoms with Crippen LogP contribution in [0.4, 0.5) is 0 Å². The van der Waals surface area contributed by atoms with E-state index in [-0.39, 0.29) is 28.6 Å². The Kier molecular flexibility index (Phi) is 4.41.